The van der Waals surface area contributed by atoms with Crippen LogP contribution in [0.25, 0.3) is 0 Å². The molecule has 0 spiro atoms. The zero-order chi connectivity index (χ0) is 17.6. The van der Waals surface area contributed by atoms with Crippen LogP contribution in [0.3, 0.4) is 0 Å². The number of guanidine groups is 1. The Balaban J connectivity index is 1.48. The molecule has 1 N–H and O–H groups in total. The number of rotatable bonds is 4. The van der Waals surface area contributed by atoms with Crippen LogP contribution in [0.1, 0.15) is 31.4 Å². The van der Waals surface area contributed by atoms with Crippen molar-refractivity contribution in [2.24, 2.45) is 18.0 Å². The number of nitrogens with one attached hydrogen (secondary N) is 1. The number of aryl methyl sites for hydroxylation is 1. The molecule has 3 rings (SSSR count). The number of hydrogen-bond acceptors (Lipinski definition) is 4. The summed E-state index contributed by atoms with van der Waals surface area (Å²) in [6, 6.07) is 0. The van der Waals surface area contributed by atoms with Crippen molar-refractivity contribution in [2.75, 3.05) is 52.9 Å². The fourth-order valence-corrected chi connectivity index (χ4v) is 3.80. The van der Waals surface area contributed by atoms with Crippen LogP contribution < -0.4 is 5.32 Å². The van der Waals surface area contributed by atoms with E-state index in [2.05, 4.69) is 32.1 Å². The third-order valence-corrected chi connectivity index (χ3v) is 5.13. The van der Waals surface area contributed by atoms with Crippen LogP contribution in [0.4, 0.5) is 0 Å². The van der Waals surface area contributed by atoms with Gasteiger partial charge in [0, 0.05) is 52.0 Å². The standard InChI is InChI=1S/C18H32N6O/c1-15-5-4-7-23(12-15)8-6-20-18(19-2)24-9-10-25-17(14-24)16-11-21-22(3)13-16/h11,13,15,17H,4-10,12,14H2,1-3H3,(H,19,20). The highest BCUT2D eigenvalue weighted by Crippen LogP contribution is 2.21. The van der Waals surface area contributed by atoms with Gasteiger partial charge >= 0.3 is 0 Å². The lowest BCUT2D eigenvalue weighted by Gasteiger charge is -2.35. The van der Waals surface area contributed by atoms with Gasteiger partial charge in [0.05, 0.1) is 19.3 Å². The van der Waals surface area contributed by atoms with E-state index in [1.54, 1.807) is 0 Å². The Labute approximate surface area is 151 Å². The zero-order valence-electron chi connectivity index (χ0n) is 15.8. The number of aromatic nitrogens is 2. The van der Waals surface area contributed by atoms with Crippen LogP contribution in [0.2, 0.25) is 0 Å². The molecule has 140 valence electrons. The van der Waals surface area contributed by atoms with E-state index in [0.29, 0.717) is 6.61 Å². The summed E-state index contributed by atoms with van der Waals surface area (Å²) in [4.78, 5) is 9.33. The summed E-state index contributed by atoms with van der Waals surface area (Å²) in [6.07, 6.45) is 6.68. The summed E-state index contributed by atoms with van der Waals surface area (Å²) in [5.74, 6) is 1.80. The fourth-order valence-electron chi connectivity index (χ4n) is 3.80. The molecule has 7 nitrogen and oxygen atoms in total. The van der Waals surface area contributed by atoms with Crippen LogP contribution in [0.15, 0.2) is 17.4 Å². The lowest BCUT2D eigenvalue weighted by atomic mass is 10.0. The fraction of sp³-hybridized carbons (Fsp3) is 0.778. The number of ether oxygens (including phenoxy) is 1. The van der Waals surface area contributed by atoms with Crippen molar-refractivity contribution in [1.29, 1.82) is 0 Å². The first-order valence-corrected chi connectivity index (χ1v) is 9.44. The Kier molecular flexibility index (Phi) is 6.31. The second-order valence-electron chi connectivity index (χ2n) is 7.27. The van der Waals surface area contributed by atoms with Crippen molar-refractivity contribution in [3.05, 3.63) is 18.0 Å². The molecule has 0 aliphatic carbocycles. The van der Waals surface area contributed by atoms with E-state index >= 15 is 0 Å². The van der Waals surface area contributed by atoms with Gasteiger partial charge in [-0.1, -0.05) is 6.92 Å². The molecule has 0 aromatic carbocycles. The van der Waals surface area contributed by atoms with Gasteiger partial charge < -0.3 is 19.9 Å². The molecule has 2 atom stereocenters. The minimum atomic E-state index is 0.0592. The van der Waals surface area contributed by atoms with Crippen LogP contribution in [-0.4, -0.2) is 78.5 Å². The highest BCUT2D eigenvalue weighted by Gasteiger charge is 2.25. The second-order valence-corrected chi connectivity index (χ2v) is 7.27. The Morgan fingerprint density at radius 2 is 2.28 bits per heavy atom. The molecular formula is C18H32N6O. The summed E-state index contributed by atoms with van der Waals surface area (Å²) in [6.45, 7) is 9.22. The van der Waals surface area contributed by atoms with E-state index in [1.165, 1.54) is 25.9 Å². The lowest BCUT2D eigenvalue weighted by molar-refractivity contribution is -0.00806. The van der Waals surface area contributed by atoms with Gasteiger partial charge in [-0.25, -0.2) is 0 Å². The van der Waals surface area contributed by atoms with Crippen LogP contribution in [0, 0.1) is 5.92 Å². The van der Waals surface area contributed by atoms with Crippen LogP contribution in [-0.2, 0) is 11.8 Å². The molecule has 2 aliphatic heterocycles. The van der Waals surface area contributed by atoms with Crippen LogP contribution >= 0.6 is 0 Å². The third-order valence-electron chi connectivity index (χ3n) is 5.13. The molecule has 2 unspecified atom stereocenters. The Bertz CT molecular complexity index is 572. The first kappa shape index (κ1) is 18.2. The average Bonchev–Trinajstić information content (AvgIpc) is 3.05. The number of likely N-dealkylation sites (tertiary alicyclic amines) is 1. The van der Waals surface area contributed by atoms with Gasteiger partial charge in [-0.3, -0.25) is 9.67 Å². The SMILES string of the molecule is CN=C(NCCN1CCCC(C)C1)N1CCOC(c2cnn(C)c2)C1. The first-order valence-electron chi connectivity index (χ1n) is 9.44. The topological polar surface area (TPSA) is 57.9 Å². The molecule has 1 aromatic rings. The molecule has 1 aromatic heterocycles. The maximum atomic E-state index is 5.93. The van der Waals surface area contributed by atoms with E-state index < -0.39 is 0 Å². The number of nitrogens with zero attached hydrogens (tertiary/aromatic N) is 5. The Morgan fingerprint density at radius 1 is 1.40 bits per heavy atom. The molecule has 2 fully saturated rings. The minimum absolute atomic E-state index is 0.0592. The Morgan fingerprint density at radius 3 is 3.00 bits per heavy atom. The smallest absolute Gasteiger partial charge is 0.193 e. The second kappa shape index (κ2) is 8.67. The van der Waals surface area contributed by atoms with Crippen molar-refractivity contribution in [3.8, 4) is 0 Å². The average molecular weight is 348 g/mol. The number of morpholine rings is 1. The molecule has 3 heterocycles. The normalized spacial score (nSPS) is 26.0. The van der Waals surface area contributed by atoms with E-state index in [-0.39, 0.29) is 6.10 Å². The highest BCUT2D eigenvalue weighted by molar-refractivity contribution is 5.80. The van der Waals surface area contributed by atoms with Gasteiger partial charge in [-0.15, -0.1) is 0 Å². The number of aliphatic imine (C=N–C) groups is 1. The van der Waals surface area contributed by atoms with Crippen molar-refractivity contribution in [3.63, 3.8) is 0 Å². The van der Waals surface area contributed by atoms with Crippen molar-refractivity contribution in [1.82, 2.24) is 24.9 Å². The van der Waals surface area contributed by atoms with Gasteiger partial charge in [0.1, 0.15) is 6.10 Å². The van der Waals surface area contributed by atoms with Gasteiger partial charge in [0.25, 0.3) is 0 Å². The molecule has 0 bridgehead atoms. The summed E-state index contributed by atoms with van der Waals surface area (Å²) in [5.41, 5.74) is 1.13. The van der Waals surface area contributed by atoms with Crippen molar-refractivity contribution >= 4 is 5.96 Å². The molecule has 2 aliphatic rings. The molecule has 0 radical (unpaired) electrons. The number of hydrogen-bond donors (Lipinski definition) is 1. The Hall–Kier alpha value is -1.60. The van der Waals surface area contributed by atoms with E-state index in [1.807, 2.05) is 31.2 Å². The van der Waals surface area contributed by atoms with Crippen molar-refractivity contribution in [2.45, 2.75) is 25.9 Å². The molecular weight excluding hydrogens is 316 g/mol. The summed E-state index contributed by atoms with van der Waals surface area (Å²) < 4.78 is 7.75. The van der Waals surface area contributed by atoms with Crippen LogP contribution in [0.5, 0.6) is 0 Å². The van der Waals surface area contributed by atoms with Gasteiger partial charge in [0.15, 0.2) is 5.96 Å². The highest BCUT2D eigenvalue weighted by atomic mass is 16.5. The lowest BCUT2D eigenvalue weighted by Crippen LogP contribution is -2.50. The maximum absolute atomic E-state index is 5.93. The van der Waals surface area contributed by atoms with E-state index in [0.717, 1.165) is 43.6 Å². The monoisotopic (exact) mass is 348 g/mol. The van der Waals surface area contributed by atoms with Gasteiger partial charge in [-0.05, 0) is 25.3 Å². The van der Waals surface area contributed by atoms with Crippen molar-refractivity contribution < 1.29 is 4.74 Å². The zero-order valence-corrected chi connectivity index (χ0v) is 15.8. The van der Waals surface area contributed by atoms with Gasteiger partial charge in [-0.2, -0.15) is 5.10 Å². The minimum Gasteiger partial charge on any atom is -0.370 e. The molecule has 7 heteroatoms. The summed E-state index contributed by atoms with van der Waals surface area (Å²) in [5, 5.41) is 7.79. The first-order chi connectivity index (χ1) is 12.2. The molecule has 0 saturated carbocycles. The van der Waals surface area contributed by atoms with E-state index in [9.17, 15) is 0 Å². The predicted molar refractivity (Wildman–Crippen MR) is 99.7 cm³/mol. The molecule has 25 heavy (non-hydrogen) atoms. The number of piperidine rings is 1. The third kappa shape index (κ3) is 4.95. The summed E-state index contributed by atoms with van der Waals surface area (Å²) >= 11 is 0. The predicted octanol–water partition coefficient (Wildman–Crippen LogP) is 1.10. The molecule has 2 saturated heterocycles. The quantitative estimate of drug-likeness (QED) is 0.652. The summed E-state index contributed by atoms with van der Waals surface area (Å²) in [7, 11) is 3.80. The van der Waals surface area contributed by atoms with E-state index in [4.69, 9.17) is 4.74 Å². The van der Waals surface area contributed by atoms with Gasteiger partial charge in [0.2, 0.25) is 0 Å². The maximum Gasteiger partial charge on any atom is 0.193 e. The molecule has 0 amide bonds. The largest absolute Gasteiger partial charge is 0.370 e.